The molecule has 0 bridgehead atoms. The topological polar surface area (TPSA) is 46.2 Å². The summed E-state index contributed by atoms with van der Waals surface area (Å²) in [6.45, 7) is 4.81. The number of nitrogens with one attached hydrogen (secondary N) is 1. The molecule has 1 aliphatic rings. The molecule has 1 rings (SSSR count). The maximum atomic E-state index is 11.8. The van der Waals surface area contributed by atoms with Crippen molar-refractivity contribution in [1.29, 1.82) is 0 Å². The van der Waals surface area contributed by atoms with E-state index < -0.39 is 9.84 Å². The Balaban J connectivity index is 2.85. The maximum absolute atomic E-state index is 11.8. The zero-order valence-electron chi connectivity index (χ0n) is 11.9. The van der Waals surface area contributed by atoms with Gasteiger partial charge in [0.1, 0.15) is 0 Å². The molecule has 1 aliphatic carbocycles. The van der Waals surface area contributed by atoms with E-state index in [4.69, 9.17) is 0 Å². The zero-order valence-corrected chi connectivity index (χ0v) is 12.7. The first-order chi connectivity index (χ1) is 8.46. The highest BCUT2D eigenvalue weighted by atomic mass is 32.2. The Morgan fingerprint density at radius 3 is 2.67 bits per heavy atom. The van der Waals surface area contributed by atoms with E-state index >= 15 is 0 Å². The first-order valence-corrected chi connectivity index (χ1v) is 9.03. The Hall–Kier alpha value is -0.350. The van der Waals surface area contributed by atoms with Crippen LogP contribution in [0.5, 0.6) is 0 Å². The predicted molar refractivity (Wildman–Crippen MR) is 77.6 cm³/mol. The quantitative estimate of drug-likeness (QED) is 0.757. The van der Waals surface area contributed by atoms with Crippen LogP contribution in [-0.2, 0) is 9.84 Å². The number of sulfone groups is 1. The fraction of sp³-hybridized carbons (Fsp3) is 0.857. The monoisotopic (exact) mass is 273 g/mol. The summed E-state index contributed by atoms with van der Waals surface area (Å²) in [5.74, 6) is 0. The molecule has 0 aliphatic heterocycles. The number of rotatable bonds is 6. The second-order valence-corrected chi connectivity index (χ2v) is 7.75. The molecule has 3 nitrogen and oxygen atoms in total. The molecule has 0 aromatic carbocycles. The Kier molecular flexibility index (Phi) is 6.36. The van der Waals surface area contributed by atoms with E-state index in [0.717, 1.165) is 25.8 Å². The van der Waals surface area contributed by atoms with Crippen LogP contribution < -0.4 is 5.32 Å². The van der Waals surface area contributed by atoms with Gasteiger partial charge in [-0.3, -0.25) is 0 Å². The van der Waals surface area contributed by atoms with E-state index in [2.05, 4.69) is 18.3 Å². The van der Waals surface area contributed by atoms with E-state index in [0.29, 0.717) is 0 Å². The van der Waals surface area contributed by atoms with Gasteiger partial charge in [0.2, 0.25) is 0 Å². The molecule has 1 N–H and O–H groups in total. The van der Waals surface area contributed by atoms with Crippen LogP contribution in [0, 0.1) is 0 Å². The lowest BCUT2D eigenvalue weighted by molar-refractivity contribution is 0.513. The Morgan fingerprint density at radius 2 is 2.06 bits per heavy atom. The molecular weight excluding hydrogens is 246 g/mol. The third kappa shape index (κ3) is 4.73. The molecule has 0 fully saturated rings. The Morgan fingerprint density at radius 1 is 1.33 bits per heavy atom. The summed E-state index contributed by atoms with van der Waals surface area (Å²) < 4.78 is 23.6. The number of hydrogen-bond donors (Lipinski definition) is 1. The van der Waals surface area contributed by atoms with Gasteiger partial charge in [-0.2, -0.15) is 0 Å². The lowest BCUT2D eigenvalue weighted by Gasteiger charge is -2.26. The van der Waals surface area contributed by atoms with Crippen LogP contribution in [0.25, 0.3) is 0 Å². The van der Waals surface area contributed by atoms with Crippen molar-refractivity contribution in [1.82, 2.24) is 5.32 Å². The van der Waals surface area contributed by atoms with Crippen molar-refractivity contribution in [3.05, 3.63) is 11.6 Å². The largest absolute Gasteiger partial charge is 0.309 e. The molecule has 0 amide bonds. The molecule has 106 valence electrons. The lowest BCUT2D eigenvalue weighted by Crippen LogP contribution is -2.44. The third-order valence-corrected chi connectivity index (χ3v) is 5.36. The molecule has 0 aromatic heterocycles. The van der Waals surface area contributed by atoms with Gasteiger partial charge >= 0.3 is 0 Å². The van der Waals surface area contributed by atoms with Gasteiger partial charge in [0.15, 0.2) is 9.84 Å². The molecule has 0 spiro atoms. The fourth-order valence-electron chi connectivity index (χ4n) is 2.47. The molecule has 0 heterocycles. The van der Waals surface area contributed by atoms with Crippen LogP contribution in [0.3, 0.4) is 0 Å². The van der Waals surface area contributed by atoms with E-state index in [1.165, 1.54) is 31.1 Å². The van der Waals surface area contributed by atoms with Crippen LogP contribution in [0.4, 0.5) is 0 Å². The highest BCUT2D eigenvalue weighted by Crippen LogP contribution is 2.23. The van der Waals surface area contributed by atoms with Crippen molar-refractivity contribution >= 4 is 9.84 Å². The van der Waals surface area contributed by atoms with Gasteiger partial charge in [0.25, 0.3) is 0 Å². The smallest absolute Gasteiger partial charge is 0.151 e. The average Bonchev–Trinajstić information content (AvgIpc) is 2.57. The summed E-state index contributed by atoms with van der Waals surface area (Å²) in [6.07, 6.45) is 10.5. The second kappa shape index (κ2) is 7.29. The first-order valence-electron chi connectivity index (χ1n) is 7.08. The van der Waals surface area contributed by atoms with Crippen LogP contribution >= 0.6 is 0 Å². The highest BCUT2D eigenvalue weighted by molar-refractivity contribution is 7.91. The zero-order chi connectivity index (χ0) is 13.6. The van der Waals surface area contributed by atoms with E-state index in [1.54, 1.807) is 0 Å². The maximum Gasteiger partial charge on any atom is 0.151 e. The van der Waals surface area contributed by atoms with Crippen LogP contribution in [0.1, 0.15) is 52.4 Å². The Labute approximate surface area is 112 Å². The summed E-state index contributed by atoms with van der Waals surface area (Å²) in [7, 11) is -3.00. The van der Waals surface area contributed by atoms with Gasteiger partial charge in [-0.1, -0.05) is 25.0 Å². The molecule has 0 radical (unpaired) electrons. The van der Waals surface area contributed by atoms with Gasteiger partial charge < -0.3 is 5.32 Å². The van der Waals surface area contributed by atoms with Gasteiger partial charge in [0.05, 0.1) is 5.25 Å². The summed E-state index contributed by atoms with van der Waals surface area (Å²) in [5, 5.41) is 3.09. The summed E-state index contributed by atoms with van der Waals surface area (Å²) in [6, 6.07) is -0.00181. The predicted octanol–water partition coefficient (Wildman–Crippen LogP) is 2.68. The van der Waals surface area contributed by atoms with Crippen LogP contribution in [0.2, 0.25) is 0 Å². The third-order valence-electron chi connectivity index (χ3n) is 3.73. The molecular formula is C14H27NO2S. The van der Waals surface area contributed by atoms with Gasteiger partial charge in [0, 0.05) is 12.3 Å². The second-order valence-electron chi connectivity index (χ2n) is 5.34. The Bertz CT molecular complexity index is 373. The lowest BCUT2D eigenvalue weighted by atomic mass is 9.99. The highest BCUT2D eigenvalue weighted by Gasteiger charge is 2.28. The summed E-state index contributed by atoms with van der Waals surface area (Å²) in [5.41, 5.74) is 1.30. The van der Waals surface area contributed by atoms with Crippen LogP contribution in [0.15, 0.2) is 11.6 Å². The fourth-order valence-corrected chi connectivity index (χ4v) is 3.23. The minimum Gasteiger partial charge on any atom is -0.309 e. The van der Waals surface area contributed by atoms with Crippen molar-refractivity contribution in [2.24, 2.45) is 0 Å². The number of allylic oxidation sites excluding steroid dienone is 1. The molecule has 0 saturated carbocycles. The van der Waals surface area contributed by atoms with Crippen molar-refractivity contribution < 1.29 is 8.42 Å². The molecule has 2 atom stereocenters. The van der Waals surface area contributed by atoms with Gasteiger partial charge in [-0.25, -0.2) is 8.42 Å². The van der Waals surface area contributed by atoms with Crippen LogP contribution in [-0.4, -0.2) is 32.5 Å². The molecule has 4 heteroatoms. The van der Waals surface area contributed by atoms with Crippen molar-refractivity contribution in [3.8, 4) is 0 Å². The minimum atomic E-state index is -3.00. The van der Waals surface area contributed by atoms with Gasteiger partial charge in [-0.15, -0.1) is 0 Å². The van der Waals surface area contributed by atoms with Gasteiger partial charge in [-0.05, 0) is 45.6 Å². The molecule has 2 unspecified atom stereocenters. The van der Waals surface area contributed by atoms with Crippen molar-refractivity contribution in [3.63, 3.8) is 0 Å². The van der Waals surface area contributed by atoms with E-state index in [-0.39, 0.29) is 11.3 Å². The van der Waals surface area contributed by atoms with Crippen molar-refractivity contribution in [2.75, 3.05) is 12.8 Å². The normalized spacial score (nSPS) is 20.9. The molecule has 0 saturated heterocycles. The summed E-state index contributed by atoms with van der Waals surface area (Å²) in [4.78, 5) is 0. The first kappa shape index (κ1) is 15.7. The standard InChI is InChI=1S/C14H27NO2S/c1-4-11-15-14(12(2)18(3,16)17)13-9-7-5-6-8-10-13/h9,12,14-15H,4-8,10-11H2,1-3H3. The minimum absolute atomic E-state index is 0.00181. The summed E-state index contributed by atoms with van der Waals surface area (Å²) >= 11 is 0. The molecule has 18 heavy (non-hydrogen) atoms. The van der Waals surface area contributed by atoms with E-state index in [1.807, 2.05) is 6.92 Å². The number of hydrogen-bond acceptors (Lipinski definition) is 3. The average molecular weight is 273 g/mol. The SMILES string of the molecule is CCCNC(C1=CCCCCC1)C(C)S(C)(=O)=O. The molecule has 0 aromatic rings. The van der Waals surface area contributed by atoms with Crippen molar-refractivity contribution in [2.45, 2.75) is 63.7 Å². The van der Waals surface area contributed by atoms with E-state index in [9.17, 15) is 8.42 Å².